The quantitative estimate of drug-likeness (QED) is 0.601. The van der Waals surface area contributed by atoms with Gasteiger partial charge in [0.25, 0.3) is 0 Å². The van der Waals surface area contributed by atoms with Gasteiger partial charge in [0.2, 0.25) is 15.9 Å². The zero-order valence-corrected chi connectivity index (χ0v) is 19.7. The molecule has 0 aliphatic carbocycles. The molecule has 172 valence electrons. The molecule has 1 fully saturated rings. The summed E-state index contributed by atoms with van der Waals surface area (Å²) in [6.07, 6.45) is 3.85. The highest BCUT2D eigenvalue weighted by Gasteiger charge is 2.26. The maximum Gasteiger partial charge on any atom is 0.243 e. The lowest BCUT2D eigenvalue weighted by molar-refractivity contribution is -0.123. The number of rotatable bonds is 10. The van der Waals surface area contributed by atoms with Crippen molar-refractivity contribution >= 4 is 27.0 Å². The van der Waals surface area contributed by atoms with Crippen molar-refractivity contribution in [3.05, 3.63) is 24.0 Å². The van der Waals surface area contributed by atoms with E-state index in [1.54, 1.807) is 12.1 Å². The zero-order valence-electron chi connectivity index (χ0n) is 18.9. The first-order chi connectivity index (χ1) is 14.8. The van der Waals surface area contributed by atoms with E-state index in [4.69, 9.17) is 10.7 Å². The van der Waals surface area contributed by atoms with Crippen LogP contribution in [-0.4, -0.2) is 59.3 Å². The van der Waals surface area contributed by atoms with Crippen molar-refractivity contribution < 1.29 is 13.2 Å². The van der Waals surface area contributed by atoms with Crippen LogP contribution in [-0.2, 0) is 27.9 Å². The number of hydrogen-bond acceptors (Lipinski definition) is 5. The molecule has 1 saturated heterocycles. The van der Waals surface area contributed by atoms with Gasteiger partial charge in [-0.2, -0.15) is 4.31 Å². The lowest BCUT2D eigenvalue weighted by Gasteiger charge is -2.30. The number of amides is 1. The van der Waals surface area contributed by atoms with Crippen molar-refractivity contribution in [2.45, 2.75) is 64.4 Å². The number of nitrogens with zero attached hydrogens (tertiary/aromatic N) is 4. The van der Waals surface area contributed by atoms with Crippen LogP contribution in [0.4, 0.5) is 0 Å². The van der Waals surface area contributed by atoms with Crippen molar-refractivity contribution in [2.75, 3.05) is 26.2 Å². The smallest absolute Gasteiger partial charge is 0.243 e. The van der Waals surface area contributed by atoms with Gasteiger partial charge in [-0.1, -0.05) is 27.2 Å². The molecular weight excluding hydrogens is 414 g/mol. The summed E-state index contributed by atoms with van der Waals surface area (Å²) in [4.78, 5) is 19.0. The van der Waals surface area contributed by atoms with E-state index in [0.29, 0.717) is 31.7 Å². The van der Waals surface area contributed by atoms with E-state index in [0.717, 1.165) is 50.1 Å². The molecule has 1 amide bonds. The Kier molecular flexibility index (Phi) is 7.72. The molecular formula is C22H35N5O3S. The van der Waals surface area contributed by atoms with Crippen LogP contribution in [0.5, 0.6) is 0 Å². The highest BCUT2D eigenvalue weighted by Crippen LogP contribution is 2.25. The summed E-state index contributed by atoms with van der Waals surface area (Å²) < 4.78 is 29.6. The summed E-state index contributed by atoms with van der Waals surface area (Å²) >= 11 is 0. The number of carbonyl (C=O) groups excluding carboxylic acids is 1. The SMILES string of the molecule is CCCCn1c(CN2CCC[C@H](C(N)=O)C2)nc2cc(S(=O)(=O)N(CC)CC)ccc21. The Morgan fingerprint density at radius 1 is 1.26 bits per heavy atom. The van der Waals surface area contributed by atoms with Crippen molar-refractivity contribution in [3.8, 4) is 0 Å². The minimum atomic E-state index is -3.53. The highest BCUT2D eigenvalue weighted by atomic mass is 32.2. The number of aryl methyl sites for hydroxylation is 1. The van der Waals surface area contributed by atoms with Crippen molar-refractivity contribution in [3.63, 3.8) is 0 Å². The topological polar surface area (TPSA) is 102 Å². The fraction of sp³-hybridized carbons (Fsp3) is 0.636. The molecule has 1 atom stereocenters. The maximum atomic E-state index is 13.0. The zero-order chi connectivity index (χ0) is 22.6. The van der Waals surface area contributed by atoms with E-state index in [1.165, 1.54) is 4.31 Å². The molecule has 2 N–H and O–H groups in total. The molecule has 0 unspecified atom stereocenters. The van der Waals surface area contributed by atoms with Crippen LogP contribution in [0.15, 0.2) is 23.1 Å². The van der Waals surface area contributed by atoms with Gasteiger partial charge in [0.1, 0.15) is 5.82 Å². The predicted octanol–water partition coefficient (Wildman–Crippen LogP) is 2.56. The van der Waals surface area contributed by atoms with Crippen LogP contribution in [0, 0.1) is 5.92 Å². The normalized spacial score (nSPS) is 18.1. The third-order valence-corrected chi connectivity index (χ3v) is 8.20. The summed E-state index contributed by atoms with van der Waals surface area (Å²) in [6.45, 7) is 9.71. The first-order valence-corrected chi connectivity index (χ1v) is 12.8. The molecule has 31 heavy (non-hydrogen) atoms. The predicted molar refractivity (Wildman–Crippen MR) is 122 cm³/mol. The van der Waals surface area contributed by atoms with Gasteiger partial charge in [-0.05, 0) is 44.0 Å². The molecule has 0 saturated carbocycles. The molecule has 0 spiro atoms. The molecule has 0 radical (unpaired) electrons. The average molecular weight is 450 g/mol. The van der Waals surface area contributed by atoms with Crippen LogP contribution in [0.3, 0.4) is 0 Å². The molecule has 1 aromatic carbocycles. The second kappa shape index (κ2) is 10.1. The second-order valence-corrected chi connectivity index (χ2v) is 10.2. The number of fused-ring (bicyclic) bond motifs is 1. The molecule has 9 heteroatoms. The van der Waals surface area contributed by atoms with Crippen molar-refractivity contribution in [1.29, 1.82) is 0 Å². The molecule has 3 rings (SSSR count). The van der Waals surface area contributed by atoms with Gasteiger partial charge in [0, 0.05) is 26.2 Å². The van der Waals surface area contributed by atoms with E-state index in [1.807, 2.05) is 19.9 Å². The Bertz CT molecular complexity index is 1010. The lowest BCUT2D eigenvalue weighted by atomic mass is 9.97. The Labute approximate surface area is 185 Å². The van der Waals surface area contributed by atoms with Gasteiger partial charge in [-0.25, -0.2) is 13.4 Å². The highest BCUT2D eigenvalue weighted by molar-refractivity contribution is 7.89. The third-order valence-electron chi connectivity index (χ3n) is 6.15. The van der Waals surface area contributed by atoms with Gasteiger partial charge >= 0.3 is 0 Å². The number of benzene rings is 1. The molecule has 2 heterocycles. The number of likely N-dealkylation sites (tertiary alicyclic amines) is 1. The van der Waals surface area contributed by atoms with Crippen LogP contribution in [0.25, 0.3) is 11.0 Å². The maximum absolute atomic E-state index is 13.0. The molecule has 2 aromatic rings. The summed E-state index contributed by atoms with van der Waals surface area (Å²) in [5, 5.41) is 0. The number of imidazole rings is 1. The van der Waals surface area contributed by atoms with Gasteiger partial charge in [-0.3, -0.25) is 9.69 Å². The minimum absolute atomic E-state index is 0.118. The standard InChI is InChI=1S/C22H35N5O3S/c1-4-7-13-27-20-11-10-18(31(29,30)26(5-2)6-3)14-19(20)24-21(27)16-25-12-8-9-17(15-25)22(23)28/h10-11,14,17H,4-9,12-13,15-16H2,1-3H3,(H2,23,28)/t17-/m0/s1. The largest absolute Gasteiger partial charge is 0.369 e. The summed E-state index contributed by atoms with van der Waals surface area (Å²) in [5.74, 6) is 0.550. The van der Waals surface area contributed by atoms with Crippen LogP contribution < -0.4 is 5.73 Å². The summed E-state index contributed by atoms with van der Waals surface area (Å²) in [7, 11) is -3.53. The number of aromatic nitrogens is 2. The second-order valence-electron chi connectivity index (χ2n) is 8.25. The first kappa shape index (κ1) is 23.7. The Morgan fingerprint density at radius 3 is 2.65 bits per heavy atom. The molecule has 8 nitrogen and oxygen atoms in total. The van der Waals surface area contributed by atoms with Gasteiger partial charge < -0.3 is 10.3 Å². The Morgan fingerprint density at radius 2 is 2.00 bits per heavy atom. The average Bonchev–Trinajstić information content (AvgIpc) is 3.09. The van der Waals surface area contributed by atoms with Crippen LogP contribution >= 0.6 is 0 Å². The third kappa shape index (κ3) is 5.10. The molecule has 0 bridgehead atoms. The van der Waals surface area contributed by atoms with Crippen molar-refractivity contribution in [2.24, 2.45) is 11.7 Å². The number of hydrogen-bond donors (Lipinski definition) is 1. The number of nitrogens with two attached hydrogens (primary N) is 1. The summed E-state index contributed by atoms with van der Waals surface area (Å²) in [6, 6.07) is 5.26. The Balaban J connectivity index is 1.96. The number of piperidine rings is 1. The van der Waals surface area contributed by atoms with Gasteiger partial charge in [-0.15, -0.1) is 0 Å². The van der Waals surface area contributed by atoms with E-state index in [2.05, 4.69) is 16.4 Å². The monoisotopic (exact) mass is 449 g/mol. The number of carbonyl (C=O) groups is 1. The number of unbranched alkanes of at least 4 members (excludes halogenated alkanes) is 1. The van der Waals surface area contributed by atoms with E-state index in [-0.39, 0.29) is 16.7 Å². The fourth-order valence-electron chi connectivity index (χ4n) is 4.35. The van der Waals surface area contributed by atoms with E-state index >= 15 is 0 Å². The van der Waals surface area contributed by atoms with Gasteiger partial charge in [0.05, 0.1) is 28.4 Å². The number of primary amides is 1. The summed E-state index contributed by atoms with van der Waals surface area (Å²) in [5.41, 5.74) is 7.18. The van der Waals surface area contributed by atoms with Gasteiger partial charge in [0.15, 0.2) is 0 Å². The van der Waals surface area contributed by atoms with E-state index in [9.17, 15) is 13.2 Å². The molecule has 1 aromatic heterocycles. The Hall–Kier alpha value is -1.97. The van der Waals surface area contributed by atoms with Crippen molar-refractivity contribution in [1.82, 2.24) is 18.8 Å². The van der Waals surface area contributed by atoms with Crippen LogP contribution in [0.2, 0.25) is 0 Å². The van der Waals surface area contributed by atoms with E-state index < -0.39 is 10.0 Å². The van der Waals surface area contributed by atoms with Crippen LogP contribution in [0.1, 0.15) is 52.3 Å². The number of sulfonamides is 1. The lowest BCUT2D eigenvalue weighted by Crippen LogP contribution is -2.41. The first-order valence-electron chi connectivity index (χ1n) is 11.3. The fourth-order valence-corrected chi connectivity index (χ4v) is 5.83. The minimum Gasteiger partial charge on any atom is -0.369 e. The molecule has 1 aliphatic rings. The molecule has 1 aliphatic heterocycles.